The summed E-state index contributed by atoms with van der Waals surface area (Å²) >= 11 is 3.36. The highest BCUT2D eigenvalue weighted by Crippen LogP contribution is 2.19. The SMILES string of the molecule is N#Cc1cnnc(-c2ccc(Br)cc2)c1. The second-order valence-electron chi connectivity index (χ2n) is 2.95. The summed E-state index contributed by atoms with van der Waals surface area (Å²) in [5, 5.41) is 16.5. The summed E-state index contributed by atoms with van der Waals surface area (Å²) in [6.07, 6.45) is 1.45. The van der Waals surface area contributed by atoms with Crippen molar-refractivity contribution in [2.75, 3.05) is 0 Å². The smallest absolute Gasteiger partial charge is 0.101 e. The minimum Gasteiger partial charge on any atom is -0.192 e. The molecule has 1 aromatic heterocycles. The van der Waals surface area contributed by atoms with Gasteiger partial charge in [0.15, 0.2) is 0 Å². The van der Waals surface area contributed by atoms with Gasteiger partial charge in [-0.25, -0.2) is 0 Å². The topological polar surface area (TPSA) is 49.6 Å². The molecule has 0 unspecified atom stereocenters. The van der Waals surface area contributed by atoms with Crippen molar-refractivity contribution in [2.24, 2.45) is 0 Å². The molecule has 1 heterocycles. The van der Waals surface area contributed by atoms with Crippen LogP contribution in [0.2, 0.25) is 0 Å². The van der Waals surface area contributed by atoms with Crippen LogP contribution in [0.15, 0.2) is 41.0 Å². The minimum atomic E-state index is 0.517. The predicted molar refractivity (Wildman–Crippen MR) is 59.9 cm³/mol. The molecule has 1 aromatic carbocycles. The summed E-state index contributed by atoms with van der Waals surface area (Å²) in [6, 6.07) is 11.5. The molecule has 72 valence electrons. The second-order valence-corrected chi connectivity index (χ2v) is 3.86. The Morgan fingerprint density at radius 1 is 1.20 bits per heavy atom. The second kappa shape index (κ2) is 4.20. The molecule has 0 aliphatic carbocycles. The van der Waals surface area contributed by atoms with Gasteiger partial charge in [0, 0.05) is 10.0 Å². The van der Waals surface area contributed by atoms with Crippen LogP contribution >= 0.6 is 15.9 Å². The lowest BCUT2D eigenvalue weighted by atomic mass is 10.1. The maximum Gasteiger partial charge on any atom is 0.101 e. The predicted octanol–water partition coefficient (Wildman–Crippen LogP) is 2.78. The van der Waals surface area contributed by atoms with Crippen LogP contribution < -0.4 is 0 Å². The van der Waals surface area contributed by atoms with Crippen LogP contribution in [-0.2, 0) is 0 Å². The van der Waals surface area contributed by atoms with E-state index in [4.69, 9.17) is 5.26 Å². The van der Waals surface area contributed by atoms with E-state index in [0.717, 1.165) is 10.0 Å². The first kappa shape index (κ1) is 9.81. The number of hydrogen-bond donors (Lipinski definition) is 0. The Morgan fingerprint density at radius 3 is 2.60 bits per heavy atom. The Hall–Kier alpha value is -1.73. The average molecular weight is 260 g/mol. The first-order chi connectivity index (χ1) is 7.29. The lowest BCUT2D eigenvalue weighted by Crippen LogP contribution is -1.88. The molecule has 0 N–H and O–H groups in total. The highest BCUT2D eigenvalue weighted by atomic mass is 79.9. The summed E-state index contributed by atoms with van der Waals surface area (Å²) in [5.41, 5.74) is 2.17. The number of nitrogens with zero attached hydrogens (tertiary/aromatic N) is 3. The highest BCUT2D eigenvalue weighted by molar-refractivity contribution is 9.10. The van der Waals surface area contributed by atoms with Crippen molar-refractivity contribution in [2.45, 2.75) is 0 Å². The molecule has 15 heavy (non-hydrogen) atoms. The zero-order valence-electron chi connectivity index (χ0n) is 7.68. The van der Waals surface area contributed by atoms with Crippen molar-refractivity contribution in [1.29, 1.82) is 5.26 Å². The molecule has 3 nitrogen and oxygen atoms in total. The fraction of sp³-hybridized carbons (Fsp3) is 0. The molecule has 0 aliphatic rings. The van der Waals surface area contributed by atoms with Crippen LogP contribution in [0.5, 0.6) is 0 Å². The van der Waals surface area contributed by atoms with E-state index < -0.39 is 0 Å². The molecule has 0 amide bonds. The van der Waals surface area contributed by atoms with E-state index in [-0.39, 0.29) is 0 Å². The van der Waals surface area contributed by atoms with E-state index >= 15 is 0 Å². The lowest BCUT2D eigenvalue weighted by Gasteiger charge is -1.99. The van der Waals surface area contributed by atoms with E-state index in [9.17, 15) is 0 Å². The fourth-order valence-electron chi connectivity index (χ4n) is 1.19. The van der Waals surface area contributed by atoms with Crippen LogP contribution in [0.25, 0.3) is 11.3 Å². The molecule has 0 saturated heterocycles. The molecule has 0 bridgehead atoms. The van der Waals surface area contributed by atoms with Gasteiger partial charge in [-0.2, -0.15) is 15.5 Å². The fourth-order valence-corrected chi connectivity index (χ4v) is 1.45. The number of rotatable bonds is 1. The summed E-state index contributed by atoms with van der Waals surface area (Å²) in [6.45, 7) is 0. The normalized spacial score (nSPS) is 9.60. The molecule has 0 radical (unpaired) electrons. The number of benzene rings is 1. The maximum absolute atomic E-state index is 8.73. The quantitative estimate of drug-likeness (QED) is 0.792. The largest absolute Gasteiger partial charge is 0.192 e. The van der Waals surface area contributed by atoms with Crippen LogP contribution in [0, 0.1) is 11.3 Å². The molecule has 2 rings (SSSR count). The molecule has 2 aromatic rings. The molecular weight excluding hydrogens is 254 g/mol. The summed E-state index contributed by atoms with van der Waals surface area (Å²) in [5.74, 6) is 0. The van der Waals surface area contributed by atoms with Crippen LogP contribution in [0.3, 0.4) is 0 Å². The summed E-state index contributed by atoms with van der Waals surface area (Å²) in [7, 11) is 0. The standard InChI is InChI=1S/C11H6BrN3/c12-10-3-1-9(2-4-10)11-5-8(6-13)7-14-15-11/h1-5,7H. The molecule has 0 spiro atoms. The van der Waals surface area contributed by atoms with Crippen molar-refractivity contribution >= 4 is 15.9 Å². The Bertz CT molecular complexity index is 514. The van der Waals surface area contributed by atoms with E-state index in [1.165, 1.54) is 6.20 Å². The Labute approximate surface area is 95.5 Å². The van der Waals surface area contributed by atoms with Crippen LogP contribution in [-0.4, -0.2) is 10.2 Å². The Kier molecular flexibility index (Phi) is 2.75. The molecular formula is C11H6BrN3. The first-order valence-electron chi connectivity index (χ1n) is 4.28. The van der Waals surface area contributed by atoms with Crippen molar-refractivity contribution < 1.29 is 0 Å². The minimum absolute atomic E-state index is 0.517. The molecule has 4 heteroatoms. The summed E-state index contributed by atoms with van der Waals surface area (Å²) < 4.78 is 1.01. The van der Waals surface area contributed by atoms with Gasteiger partial charge in [-0.05, 0) is 18.2 Å². The van der Waals surface area contributed by atoms with Crippen molar-refractivity contribution in [3.05, 3.63) is 46.6 Å². The van der Waals surface area contributed by atoms with Crippen molar-refractivity contribution in [3.63, 3.8) is 0 Å². The first-order valence-corrected chi connectivity index (χ1v) is 5.07. The van der Waals surface area contributed by atoms with Crippen LogP contribution in [0.1, 0.15) is 5.56 Å². The number of hydrogen-bond acceptors (Lipinski definition) is 3. The van der Waals surface area contributed by atoms with E-state index in [1.807, 2.05) is 30.3 Å². The molecule has 0 aliphatic heterocycles. The number of aromatic nitrogens is 2. The van der Waals surface area contributed by atoms with Gasteiger partial charge >= 0.3 is 0 Å². The van der Waals surface area contributed by atoms with Gasteiger partial charge in [-0.1, -0.05) is 28.1 Å². The van der Waals surface area contributed by atoms with E-state index in [1.54, 1.807) is 6.07 Å². The lowest BCUT2D eigenvalue weighted by molar-refractivity contribution is 1.03. The van der Waals surface area contributed by atoms with Crippen molar-refractivity contribution in [1.82, 2.24) is 10.2 Å². The monoisotopic (exact) mass is 259 g/mol. The molecule has 0 fully saturated rings. The molecule has 0 atom stereocenters. The van der Waals surface area contributed by atoms with Gasteiger partial charge in [0.1, 0.15) is 6.07 Å². The average Bonchev–Trinajstić information content (AvgIpc) is 2.30. The zero-order chi connectivity index (χ0) is 10.7. The number of halogens is 1. The van der Waals surface area contributed by atoms with Gasteiger partial charge in [0.2, 0.25) is 0 Å². The van der Waals surface area contributed by atoms with Crippen molar-refractivity contribution in [3.8, 4) is 17.3 Å². The van der Waals surface area contributed by atoms with Gasteiger partial charge in [0.05, 0.1) is 17.5 Å². The molecule has 0 saturated carbocycles. The van der Waals surface area contributed by atoms with Crippen LogP contribution in [0.4, 0.5) is 0 Å². The Morgan fingerprint density at radius 2 is 1.93 bits per heavy atom. The summed E-state index contributed by atoms with van der Waals surface area (Å²) in [4.78, 5) is 0. The third-order valence-electron chi connectivity index (χ3n) is 1.92. The number of nitriles is 1. The Balaban J connectivity index is 2.46. The van der Waals surface area contributed by atoms with E-state index in [0.29, 0.717) is 11.3 Å². The third-order valence-corrected chi connectivity index (χ3v) is 2.45. The highest BCUT2D eigenvalue weighted by Gasteiger charge is 2.01. The zero-order valence-corrected chi connectivity index (χ0v) is 9.27. The van der Waals surface area contributed by atoms with Gasteiger partial charge < -0.3 is 0 Å². The van der Waals surface area contributed by atoms with Gasteiger partial charge in [-0.15, -0.1) is 0 Å². The van der Waals surface area contributed by atoms with E-state index in [2.05, 4.69) is 26.1 Å². The van der Waals surface area contributed by atoms with Gasteiger partial charge in [0.25, 0.3) is 0 Å². The maximum atomic E-state index is 8.73. The third kappa shape index (κ3) is 2.20. The van der Waals surface area contributed by atoms with Gasteiger partial charge in [-0.3, -0.25) is 0 Å².